The van der Waals surface area contributed by atoms with E-state index in [2.05, 4.69) is 44.7 Å². The second-order valence-electron chi connectivity index (χ2n) is 5.06. The van der Waals surface area contributed by atoms with Crippen molar-refractivity contribution < 1.29 is 17.9 Å². The van der Waals surface area contributed by atoms with Gasteiger partial charge in [-0.15, -0.1) is 13.2 Å². The number of benzene rings is 1. The molecule has 0 fully saturated rings. The molecule has 1 aromatic rings. The lowest BCUT2D eigenvalue weighted by atomic mass is 10.2. The molecule has 0 bridgehead atoms. The predicted molar refractivity (Wildman–Crippen MR) is 80.3 cm³/mol. The maximum Gasteiger partial charge on any atom is 0.573 e. The lowest BCUT2D eigenvalue weighted by molar-refractivity contribution is -0.274. The van der Waals surface area contributed by atoms with Crippen molar-refractivity contribution >= 4 is 15.9 Å². The summed E-state index contributed by atoms with van der Waals surface area (Å²) in [6.07, 6.45) is -4.68. The van der Waals surface area contributed by atoms with Crippen LogP contribution in [0.3, 0.4) is 0 Å². The van der Waals surface area contributed by atoms with Crippen LogP contribution in [0.1, 0.15) is 19.4 Å². The number of alkyl halides is 3. The molecule has 0 aliphatic rings. The maximum absolute atomic E-state index is 12.2. The van der Waals surface area contributed by atoms with Gasteiger partial charge in [-0.25, -0.2) is 0 Å². The lowest BCUT2D eigenvalue weighted by Gasteiger charge is -2.21. The molecule has 0 amide bonds. The van der Waals surface area contributed by atoms with Crippen molar-refractivity contribution in [2.24, 2.45) is 0 Å². The van der Waals surface area contributed by atoms with Crippen molar-refractivity contribution in [3.05, 3.63) is 28.2 Å². The first-order valence-corrected chi connectivity index (χ1v) is 7.43. The van der Waals surface area contributed by atoms with Gasteiger partial charge in [-0.1, -0.05) is 6.07 Å². The van der Waals surface area contributed by atoms with E-state index in [4.69, 9.17) is 0 Å². The molecule has 0 aliphatic heterocycles. The fourth-order valence-electron chi connectivity index (χ4n) is 1.61. The monoisotopic (exact) mass is 368 g/mol. The fraction of sp³-hybridized carbons (Fsp3) is 0.571. The van der Waals surface area contributed by atoms with Crippen LogP contribution in [0, 0.1) is 0 Å². The Morgan fingerprint density at radius 2 is 2.00 bits per heavy atom. The molecule has 120 valence electrons. The van der Waals surface area contributed by atoms with Crippen LogP contribution in [0.15, 0.2) is 22.7 Å². The van der Waals surface area contributed by atoms with Crippen LogP contribution >= 0.6 is 15.9 Å². The highest BCUT2D eigenvalue weighted by Gasteiger charge is 2.31. The van der Waals surface area contributed by atoms with Crippen molar-refractivity contribution in [1.82, 2.24) is 10.2 Å². The van der Waals surface area contributed by atoms with Crippen molar-refractivity contribution in [1.29, 1.82) is 0 Å². The van der Waals surface area contributed by atoms with Crippen LogP contribution in [-0.4, -0.2) is 37.4 Å². The molecule has 1 rings (SSSR count). The molecule has 0 radical (unpaired) electrons. The number of hydrogen-bond acceptors (Lipinski definition) is 3. The average Bonchev–Trinajstić information content (AvgIpc) is 2.36. The number of halogens is 4. The van der Waals surface area contributed by atoms with Gasteiger partial charge in [-0.05, 0) is 54.5 Å². The van der Waals surface area contributed by atoms with E-state index in [0.29, 0.717) is 17.1 Å². The maximum atomic E-state index is 12.2. The van der Waals surface area contributed by atoms with Crippen LogP contribution in [0.5, 0.6) is 5.75 Å². The van der Waals surface area contributed by atoms with Crippen LogP contribution in [0.4, 0.5) is 13.2 Å². The van der Waals surface area contributed by atoms with Crippen LogP contribution in [-0.2, 0) is 6.54 Å². The molecular weight excluding hydrogens is 349 g/mol. The first-order chi connectivity index (χ1) is 9.69. The van der Waals surface area contributed by atoms with E-state index in [1.165, 1.54) is 6.07 Å². The summed E-state index contributed by atoms with van der Waals surface area (Å²) in [5.74, 6) is -0.231. The third kappa shape index (κ3) is 7.15. The van der Waals surface area contributed by atoms with Crippen molar-refractivity contribution in [2.75, 3.05) is 20.1 Å². The largest absolute Gasteiger partial charge is 0.573 e. The summed E-state index contributed by atoms with van der Waals surface area (Å²) in [7, 11) is 2.05. The Balaban J connectivity index is 2.45. The summed E-state index contributed by atoms with van der Waals surface area (Å²) in [5, 5.41) is 3.26. The van der Waals surface area contributed by atoms with Crippen LogP contribution in [0.25, 0.3) is 0 Å². The SMILES string of the molecule is CC(C)N(C)CCNCc1ccc(OC(F)(F)F)c(Br)c1. The molecule has 0 spiro atoms. The summed E-state index contributed by atoms with van der Waals surface area (Å²) in [4.78, 5) is 2.21. The van der Waals surface area contributed by atoms with Gasteiger partial charge in [0, 0.05) is 25.7 Å². The van der Waals surface area contributed by atoms with Gasteiger partial charge in [0.15, 0.2) is 0 Å². The molecule has 7 heteroatoms. The van der Waals surface area contributed by atoms with Crippen molar-refractivity contribution in [3.8, 4) is 5.75 Å². The quantitative estimate of drug-likeness (QED) is 0.741. The highest BCUT2D eigenvalue weighted by molar-refractivity contribution is 9.10. The molecule has 0 saturated heterocycles. The fourth-order valence-corrected chi connectivity index (χ4v) is 2.12. The second kappa shape index (κ2) is 8.00. The molecule has 0 atom stereocenters. The van der Waals surface area contributed by atoms with Gasteiger partial charge < -0.3 is 15.0 Å². The van der Waals surface area contributed by atoms with Crippen molar-refractivity contribution in [3.63, 3.8) is 0 Å². The predicted octanol–water partition coefficient (Wildman–Crippen LogP) is 3.78. The molecule has 3 nitrogen and oxygen atoms in total. The number of rotatable bonds is 7. The Hall–Kier alpha value is -0.790. The minimum atomic E-state index is -4.68. The van der Waals surface area contributed by atoms with Crippen LogP contribution in [0.2, 0.25) is 0 Å². The third-order valence-electron chi connectivity index (χ3n) is 3.07. The van der Waals surface area contributed by atoms with E-state index in [9.17, 15) is 13.2 Å². The Bertz CT molecular complexity index is 452. The number of nitrogens with one attached hydrogen (secondary N) is 1. The van der Waals surface area contributed by atoms with E-state index >= 15 is 0 Å². The minimum Gasteiger partial charge on any atom is -0.405 e. The topological polar surface area (TPSA) is 24.5 Å². The molecule has 1 N–H and O–H groups in total. The molecule has 0 saturated carbocycles. The van der Waals surface area contributed by atoms with E-state index < -0.39 is 6.36 Å². The van der Waals surface area contributed by atoms with E-state index in [0.717, 1.165) is 18.7 Å². The summed E-state index contributed by atoms with van der Waals surface area (Å²) in [5.41, 5.74) is 0.892. The summed E-state index contributed by atoms with van der Waals surface area (Å²) in [6, 6.07) is 5.04. The zero-order valence-electron chi connectivity index (χ0n) is 12.3. The first-order valence-electron chi connectivity index (χ1n) is 6.64. The number of likely N-dealkylation sites (N-methyl/N-ethyl adjacent to an activating group) is 1. The van der Waals surface area contributed by atoms with Crippen LogP contribution < -0.4 is 10.1 Å². The number of hydrogen-bond donors (Lipinski definition) is 1. The molecular formula is C14H20BrF3N2O. The van der Waals surface area contributed by atoms with Gasteiger partial charge in [0.25, 0.3) is 0 Å². The molecule has 0 aliphatic carbocycles. The molecule has 21 heavy (non-hydrogen) atoms. The van der Waals surface area contributed by atoms with Gasteiger partial charge >= 0.3 is 6.36 Å². The third-order valence-corrected chi connectivity index (χ3v) is 3.69. The van der Waals surface area contributed by atoms with Gasteiger partial charge in [-0.2, -0.15) is 0 Å². The van der Waals surface area contributed by atoms with Gasteiger partial charge in [0.1, 0.15) is 5.75 Å². The Morgan fingerprint density at radius 1 is 1.33 bits per heavy atom. The normalized spacial score (nSPS) is 12.2. The standard InChI is InChI=1S/C14H20BrF3N2O/c1-10(2)20(3)7-6-19-9-11-4-5-13(12(15)8-11)21-14(16,17)18/h4-5,8,10,19H,6-7,9H2,1-3H3. The zero-order valence-corrected chi connectivity index (χ0v) is 13.9. The summed E-state index contributed by atoms with van der Waals surface area (Å²) in [6.45, 7) is 6.56. The van der Waals surface area contributed by atoms with E-state index in [1.807, 2.05) is 7.05 Å². The lowest BCUT2D eigenvalue weighted by Crippen LogP contribution is -2.33. The highest BCUT2D eigenvalue weighted by Crippen LogP contribution is 2.30. The highest BCUT2D eigenvalue weighted by atomic mass is 79.9. The first kappa shape index (κ1) is 18.3. The zero-order chi connectivity index (χ0) is 16.0. The van der Waals surface area contributed by atoms with Gasteiger partial charge in [-0.3, -0.25) is 0 Å². The second-order valence-corrected chi connectivity index (χ2v) is 5.92. The Morgan fingerprint density at radius 3 is 2.52 bits per heavy atom. The van der Waals surface area contributed by atoms with E-state index in [1.54, 1.807) is 12.1 Å². The average molecular weight is 369 g/mol. The van der Waals surface area contributed by atoms with Gasteiger partial charge in [0.05, 0.1) is 4.47 Å². The number of nitrogens with zero attached hydrogens (tertiary/aromatic N) is 1. The smallest absolute Gasteiger partial charge is 0.405 e. The Kier molecular flexibility index (Phi) is 6.96. The van der Waals surface area contributed by atoms with E-state index in [-0.39, 0.29) is 5.75 Å². The van der Waals surface area contributed by atoms with Gasteiger partial charge in [0.2, 0.25) is 0 Å². The Labute approximate surface area is 131 Å². The summed E-state index contributed by atoms with van der Waals surface area (Å²) < 4.78 is 40.6. The molecule has 0 unspecified atom stereocenters. The van der Waals surface area contributed by atoms with Crippen molar-refractivity contribution in [2.45, 2.75) is 32.8 Å². The number of ether oxygens (including phenoxy) is 1. The molecule has 0 aromatic heterocycles. The molecule has 1 aromatic carbocycles. The minimum absolute atomic E-state index is 0.231. The molecule has 0 heterocycles. The summed E-state index contributed by atoms with van der Waals surface area (Å²) >= 11 is 3.09.